The van der Waals surface area contributed by atoms with Gasteiger partial charge >= 0.3 is 5.97 Å². The van der Waals surface area contributed by atoms with E-state index >= 15 is 0 Å². The Balaban J connectivity index is 2.42. The average molecular weight is 271 g/mol. The number of nitrogen functional groups attached to an aromatic ring is 1. The maximum atomic E-state index is 13.0. The fourth-order valence-corrected chi connectivity index (χ4v) is 2.11. The Hall–Kier alpha value is -1.23. The predicted molar refractivity (Wildman–Crippen MR) is 72.8 cm³/mol. The minimum Gasteiger partial charge on any atom is -0.459 e. The van der Waals surface area contributed by atoms with Crippen LogP contribution in [-0.4, -0.2) is 17.3 Å². The Morgan fingerprint density at radius 2 is 2.11 bits per heavy atom. The third-order valence-electron chi connectivity index (χ3n) is 2.00. The van der Waals surface area contributed by atoms with Gasteiger partial charge in [0.2, 0.25) is 0 Å². The summed E-state index contributed by atoms with van der Waals surface area (Å²) in [5, 5.41) is 0. The van der Waals surface area contributed by atoms with Crippen LogP contribution in [0.2, 0.25) is 0 Å². The number of thioether (sulfide) groups is 1. The highest BCUT2D eigenvalue weighted by atomic mass is 32.2. The molecule has 0 spiro atoms. The molecule has 2 N–H and O–H groups in total. The van der Waals surface area contributed by atoms with Crippen molar-refractivity contribution in [2.75, 3.05) is 11.5 Å². The van der Waals surface area contributed by atoms with Crippen molar-refractivity contribution >= 4 is 23.4 Å². The second-order valence-electron chi connectivity index (χ2n) is 4.92. The first kappa shape index (κ1) is 14.8. The summed E-state index contributed by atoms with van der Waals surface area (Å²) in [6.07, 6.45) is 0. The molecule has 5 heteroatoms. The SMILES string of the molecule is CC(C)(C)OC(=O)CSCc1cc(F)ccc1N. The molecule has 0 fully saturated rings. The van der Waals surface area contributed by atoms with Crippen LogP contribution in [0, 0.1) is 5.82 Å². The molecule has 0 atom stereocenters. The van der Waals surface area contributed by atoms with Crippen molar-refractivity contribution in [1.82, 2.24) is 0 Å². The summed E-state index contributed by atoms with van der Waals surface area (Å²) in [6, 6.07) is 4.23. The van der Waals surface area contributed by atoms with Gasteiger partial charge < -0.3 is 10.5 Å². The van der Waals surface area contributed by atoms with Crippen LogP contribution in [0.1, 0.15) is 26.3 Å². The van der Waals surface area contributed by atoms with Crippen molar-refractivity contribution in [3.63, 3.8) is 0 Å². The highest BCUT2D eigenvalue weighted by Crippen LogP contribution is 2.20. The molecule has 18 heavy (non-hydrogen) atoms. The average Bonchev–Trinajstić information content (AvgIpc) is 2.20. The molecule has 0 aliphatic rings. The van der Waals surface area contributed by atoms with E-state index in [1.807, 2.05) is 20.8 Å². The van der Waals surface area contributed by atoms with E-state index in [-0.39, 0.29) is 17.5 Å². The summed E-state index contributed by atoms with van der Waals surface area (Å²) < 4.78 is 18.2. The fraction of sp³-hybridized carbons (Fsp3) is 0.462. The molecule has 0 heterocycles. The minimum absolute atomic E-state index is 0.229. The lowest BCUT2D eigenvalue weighted by molar-refractivity contribution is -0.151. The van der Waals surface area contributed by atoms with Gasteiger partial charge in [0.05, 0.1) is 5.75 Å². The monoisotopic (exact) mass is 271 g/mol. The van der Waals surface area contributed by atoms with Gasteiger partial charge in [0, 0.05) is 11.4 Å². The number of carbonyl (C=O) groups excluding carboxylic acids is 1. The second kappa shape index (κ2) is 6.09. The number of halogens is 1. The highest BCUT2D eigenvalue weighted by Gasteiger charge is 2.16. The largest absolute Gasteiger partial charge is 0.459 e. The maximum Gasteiger partial charge on any atom is 0.316 e. The van der Waals surface area contributed by atoms with Crippen LogP contribution in [0.15, 0.2) is 18.2 Å². The van der Waals surface area contributed by atoms with Gasteiger partial charge in [-0.05, 0) is 44.5 Å². The highest BCUT2D eigenvalue weighted by molar-refractivity contribution is 7.99. The van der Waals surface area contributed by atoms with Crippen molar-refractivity contribution in [3.8, 4) is 0 Å². The van der Waals surface area contributed by atoms with Gasteiger partial charge in [-0.25, -0.2) is 4.39 Å². The molecule has 1 aromatic rings. The molecule has 0 aromatic heterocycles. The molecule has 3 nitrogen and oxygen atoms in total. The van der Waals surface area contributed by atoms with Crippen molar-refractivity contribution in [2.24, 2.45) is 0 Å². The van der Waals surface area contributed by atoms with E-state index in [1.54, 1.807) is 0 Å². The molecule has 0 unspecified atom stereocenters. The van der Waals surface area contributed by atoms with Crippen LogP contribution >= 0.6 is 11.8 Å². The molecule has 1 rings (SSSR count). The van der Waals surface area contributed by atoms with E-state index in [1.165, 1.54) is 30.0 Å². The van der Waals surface area contributed by atoms with E-state index < -0.39 is 5.60 Å². The lowest BCUT2D eigenvalue weighted by atomic mass is 10.2. The molecule has 0 saturated heterocycles. The van der Waals surface area contributed by atoms with Crippen molar-refractivity contribution in [1.29, 1.82) is 0 Å². The zero-order valence-electron chi connectivity index (χ0n) is 10.8. The smallest absolute Gasteiger partial charge is 0.316 e. The lowest BCUT2D eigenvalue weighted by Gasteiger charge is -2.19. The first-order valence-corrected chi connectivity index (χ1v) is 6.77. The van der Waals surface area contributed by atoms with Crippen molar-refractivity contribution < 1.29 is 13.9 Å². The fourth-order valence-electron chi connectivity index (χ4n) is 1.31. The summed E-state index contributed by atoms with van der Waals surface area (Å²) in [7, 11) is 0. The molecule has 1 aromatic carbocycles. The number of hydrogen-bond acceptors (Lipinski definition) is 4. The molecule has 100 valence electrons. The third kappa shape index (κ3) is 5.40. The molecule has 0 bridgehead atoms. The number of hydrogen-bond donors (Lipinski definition) is 1. The first-order chi connectivity index (χ1) is 8.28. The minimum atomic E-state index is -0.477. The maximum absolute atomic E-state index is 13.0. The Morgan fingerprint density at radius 1 is 1.44 bits per heavy atom. The van der Waals surface area contributed by atoms with Crippen LogP contribution in [0.3, 0.4) is 0 Å². The number of benzene rings is 1. The Kier molecular flexibility index (Phi) is 5.02. The summed E-state index contributed by atoms with van der Waals surface area (Å²) in [5.41, 5.74) is 6.47. The number of anilines is 1. The molecule has 0 amide bonds. The van der Waals surface area contributed by atoms with Crippen molar-refractivity contribution in [3.05, 3.63) is 29.6 Å². The predicted octanol–water partition coefficient (Wildman–Crippen LogP) is 2.98. The van der Waals surface area contributed by atoms with Gasteiger partial charge in [0.15, 0.2) is 0 Å². The van der Waals surface area contributed by atoms with Crippen LogP contribution in [0.25, 0.3) is 0 Å². The quantitative estimate of drug-likeness (QED) is 0.675. The van der Waals surface area contributed by atoms with E-state index in [2.05, 4.69) is 0 Å². The van der Waals surface area contributed by atoms with Gasteiger partial charge in [0.1, 0.15) is 11.4 Å². The molecular weight excluding hydrogens is 253 g/mol. The van der Waals surface area contributed by atoms with Gasteiger partial charge in [-0.1, -0.05) is 0 Å². The lowest BCUT2D eigenvalue weighted by Crippen LogP contribution is -2.24. The van der Waals surface area contributed by atoms with Crippen molar-refractivity contribution in [2.45, 2.75) is 32.1 Å². The molecule has 0 radical (unpaired) electrons. The second-order valence-corrected chi connectivity index (χ2v) is 5.91. The number of ether oxygens (including phenoxy) is 1. The number of nitrogens with two attached hydrogens (primary N) is 1. The summed E-state index contributed by atoms with van der Waals surface area (Å²) in [5.74, 6) is 0.121. The van der Waals surface area contributed by atoms with Gasteiger partial charge in [-0.2, -0.15) is 0 Å². The summed E-state index contributed by atoms with van der Waals surface area (Å²) in [4.78, 5) is 11.5. The standard InChI is InChI=1S/C13H18FNO2S/c1-13(2,3)17-12(16)8-18-7-9-6-10(14)4-5-11(9)15/h4-6H,7-8,15H2,1-3H3. The number of esters is 1. The third-order valence-corrected chi connectivity index (χ3v) is 2.96. The Labute approximate surface area is 111 Å². The van der Waals surface area contributed by atoms with Crippen LogP contribution in [0.5, 0.6) is 0 Å². The summed E-state index contributed by atoms with van der Waals surface area (Å²) >= 11 is 1.36. The normalized spacial score (nSPS) is 11.3. The first-order valence-electron chi connectivity index (χ1n) is 5.61. The molecule has 0 saturated carbocycles. The summed E-state index contributed by atoms with van der Waals surface area (Å²) in [6.45, 7) is 5.46. The van der Waals surface area contributed by atoms with Gasteiger partial charge in [-0.15, -0.1) is 11.8 Å². The zero-order chi connectivity index (χ0) is 13.8. The Morgan fingerprint density at radius 3 is 2.72 bits per heavy atom. The topological polar surface area (TPSA) is 52.3 Å². The van der Waals surface area contributed by atoms with Gasteiger partial charge in [-0.3, -0.25) is 4.79 Å². The number of carbonyl (C=O) groups is 1. The number of rotatable bonds is 4. The molecule has 0 aliphatic heterocycles. The zero-order valence-corrected chi connectivity index (χ0v) is 11.6. The molecular formula is C13H18FNO2S. The van der Waals surface area contributed by atoms with Gasteiger partial charge in [0.25, 0.3) is 0 Å². The van der Waals surface area contributed by atoms with E-state index in [0.29, 0.717) is 17.0 Å². The Bertz CT molecular complexity index is 429. The van der Waals surface area contributed by atoms with Crippen LogP contribution in [0.4, 0.5) is 10.1 Å². The van der Waals surface area contributed by atoms with E-state index in [9.17, 15) is 9.18 Å². The van der Waals surface area contributed by atoms with Crippen LogP contribution < -0.4 is 5.73 Å². The molecule has 0 aliphatic carbocycles. The van der Waals surface area contributed by atoms with Crippen LogP contribution in [-0.2, 0) is 15.3 Å². The van der Waals surface area contributed by atoms with E-state index in [0.717, 1.165) is 0 Å². The van der Waals surface area contributed by atoms with E-state index in [4.69, 9.17) is 10.5 Å².